The van der Waals surface area contributed by atoms with E-state index in [1.54, 1.807) is 0 Å². The van der Waals surface area contributed by atoms with Gasteiger partial charge in [-0.25, -0.2) is 0 Å². The van der Waals surface area contributed by atoms with Crippen LogP contribution >= 0.6 is 0 Å². The monoisotopic (exact) mass is 225 g/mol. The van der Waals surface area contributed by atoms with Gasteiger partial charge in [0.1, 0.15) is 0 Å². The van der Waals surface area contributed by atoms with Crippen LogP contribution in [-0.4, -0.2) is 62.0 Å². The molecule has 0 aromatic heterocycles. The lowest BCUT2D eigenvalue weighted by Crippen LogP contribution is -2.45. The standard InChI is InChI=1S/C12H23N3O/c1-6-8-13-12(16)10-15(7-2)11(3)9-14(4)5/h1,11H,7-10H2,2-5H3,(H,13,16). The Kier molecular flexibility index (Phi) is 7.61. The lowest BCUT2D eigenvalue weighted by Gasteiger charge is -2.29. The molecule has 0 fully saturated rings. The lowest BCUT2D eigenvalue weighted by atomic mass is 10.2. The molecular formula is C12H23N3O. The maximum atomic E-state index is 11.5. The van der Waals surface area contributed by atoms with Crippen LogP contribution in [0.25, 0.3) is 0 Å². The molecule has 0 rings (SSSR count). The highest BCUT2D eigenvalue weighted by atomic mass is 16.2. The summed E-state index contributed by atoms with van der Waals surface area (Å²) in [6, 6.07) is 0.358. The van der Waals surface area contributed by atoms with Crippen molar-refractivity contribution >= 4 is 5.91 Å². The number of terminal acetylenes is 1. The third-order valence-corrected chi connectivity index (χ3v) is 2.39. The highest BCUT2D eigenvalue weighted by Crippen LogP contribution is 1.99. The molecule has 0 aromatic carbocycles. The van der Waals surface area contributed by atoms with Crippen molar-refractivity contribution in [3.8, 4) is 12.3 Å². The van der Waals surface area contributed by atoms with E-state index in [9.17, 15) is 4.79 Å². The first-order valence-corrected chi connectivity index (χ1v) is 5.60. The fraction of sp³-hybridized carbons (Fsp3) is 0.750. The van der Waals surface area contributed by atoms with Gasteiger partial charge in [-0.15, -0.1) is 6.42 Å². The van der Waals surface area contributed by atoms with Crippen LogP contribution in [0.2, 0.25) is 0 Å². The van der Waals surface area contributed by atoms with Gasteiger partial charge in [0.15, 0.2) is 0 Å². The fourth-order valence-electron chi connectivity index (χ4n) is 1.61. The summed E-state index contributed by atoms with van der Waals surface area (Å²) in [6.45, 7) is 6.69. The van der Waals surface area contributed by atoms with Gasteiger partial charge in [-0.05, 0) is 27.6 Å². The van der Waals surface area contributed by atoms with Crippen molar-refractivity contribution in [2.75, 3.05) is 40.3 Å². The zero-order valence-electron chi connectivity index (χ0n) is 10.8. The van der Waals surface area contributed by atoms with E-state index >= 15 is 0 Å². The Balaban J connectivity index is 4.08. The van der Waals surface area contributed by atoms with Gasteiger partial charge in [0.25, 0.3) is 0 Å². The fourth-order valence-corrected chi connectivity index (χ4v) is 1.61. The van der Waals surface area contributed by atoms with Crippen LogP contribution in [0.3, 0.4) is 0 Å². The smallest absolute Gasteiger partial charge is 0.234 e. The predicted octanol–water partition coefficient (Wildman–Crippen LogP) is 0.00780. The zero-order valence-corrected chi connectivity index (χ0v) is 10.8. The maximum Gasteiger partial charge on any atom is 0.234 e. The summed E-state index contributed by atoms with van der Waals surface area (Å²) in [5.41, 5.74) is 0. The third kappa shape index (κ3) is 6.44. The van der Waals surface area contributed by atoms with Crippen LogP contribution in [0.4, 0.5) is 0 Å². The molecule has 1 amide bonds. The summed E-state index contributed by atoms with van der Waals surface area (Å²) in [7, 11) is 4.06. The van der Waals surface area contributed by atoms with E-state index < -0.39 is 0 Å². The molecule has 0 heterocycles. The highest BCUT2D eigenvalue weighted by Gasteiger charge is 2.15. The molecule has 0 spiro atoms. The Morgan fingerprint density at radius 1 is 1.50 bits per heavy atom. The molecule has 0 saturated heterocycles. The van der Waals surface area contributed by atoms with Crippen molar-refractivity contribution < 1.29 is 4.79 Å². The van der Waals surface area contributed by atoms with E-state index in [0.717, 1.165) is 13.1 Å². The van der Waals surface area contributed by atoms with E-state index in [4.69, 9.17) is 6.42 Å². The average molecular weight is 225 g/mol. The van der Waals surface area contributed by atoms with Crippen molar-refractivity contribution in [1.82, 2.24) is 15.1 Å². The molecule has 4 heteroatoms. The molecule has 0 aliphatic carbocycles. The molecule has 0 aliphatic rings. The van der Waals surface area contributed by atoms with E-state index in [-0.39, 0.29) is 5.91 Å². The van der Waals surface area contributed by atoms with Crippen molar-refractivity contribution in [1.29, 1.82) is 0 Å². The minimum absolute atomic E-state index is 0.00888. The van der Waals surface area contributed by atoms with Crippen molar-refractivity contribution in [2.24, 2.45) is 0 Å². The number of rotatable bonds is 7. The Morgan fingerprint density at radius 3 is 2.56 bits per heavy atom. The molecule has 92 valence electrons. The number of carbonyl (C=O) groups is 1. The molecule has 1 atom stereocenters. The van der Waals surface area contributed by atoms with Crippen LogP contribution in [0.15, 0.2) is 0 Å². The molecule has 4 nitrogen and oxygen atoms in total. The largest absolute Gasteiger partial charge is 0.344 e. The molecule has 0 bridgehead atoms. The van der Waals surface area contributed by atoms with Crippen LogP contribution in [-0.2, 0) is 4.79 Å². The first-order valence-electron chi connectivity index (χ1n) is 5.60. The SMILES string of the molecule is C#CCNC(=O)CN(CC)C(C)CN(C)C. The van der Waals surface area contributed by atoms with Crippen molar-refractivity contribution in [2.45, 2.75) is 19.9 Å². The maximum absolute atomic E-state index is 11.5. The van der Waals surface area contributed by atoms with E-state index in [0.29, 0.717) is 19.1 Å². The minimum Gasteiger partial charge on any atom is -0.344 e. The van der Waals surface area contributed by atoms with E-state index in [1.807, 2.05) is 14.1 Å². The Morgan fingerprint density at radius 2 is 2.12 bits per heavy atom. The summed E-state index contributed by atoms with van der Waals surface area (Å²) >= 11 is 0. The number of hydrogen-bond acceptors (Lipinski definition) is 3. The van der Waals surface area contributed by atoms with E-state index in [2.05, 4.69) is 34.9 Å². The molecule has 16 heavy (non-hydrogen) atoms. The number of nitrogens with zero attached hydrogens (tertiary/aromatic N) is 2. The number of amides is 1. The van der Waals surface area contributed by atoms with Crippen LogP contribution in [0.1, 0.15) is 13.8 Å². The van der Waals surface area contributed by atoms with Crippen molar-refractivity contribution in [3.63, 3.8) is 0 Å². The summed E-state index contributed by atoms with van der Waals surface area (Å²) in [5, 5.41) is 2.67. The first kappa shape index (κ1) is 14.9. The number of nitrogens with one attached hydrogen (secondary N) is 1. The van der Waals surface area contributed by atoms with Gasteiger partial charge in [-0.1, -0.05) is 12.8 Å². The Labute approximate surface area is 99.0 Å². The van der Waals surface area contributed by atoms with Gasteiger partial charge >= 0.3 is 0 Å². The molecular weight excluding hydrogens is 202 g/mol. The van der Waals surface area contributed by atoms with Crippen LogP contribution in [0.5, 0.6) is 0 Å². The molecule has 1 unspecified atom stereocenters. The second kappa shape index (κ2) is 8.14. The minimum atomic E-state index is -0.00888. The second-order valence-electron chi connectivity index (χ2n) is 4.16. The molecule has 0 radical (unpaired) electrons. The Bertz CT molecular complexity index is 245. The predicted molar refractivity (Wildman–Crippen MR) is 67.1 cm³/mol. The summed E-state index contributed by atoms with van der Waals surface area (Å²) in [6.07, 6.45) is 5.08. The van der Waals surface area contributed by atoms with Crippen LogP contribution < -0.4 is 5.32 Å². The van der Waals surface area contributed by atoms with Crippen LogP contribution in [0, 0.1) is 12.3 Å². The topological polar surface area (TPSA) is 35.6 Å². The molecule has 0 saturated carbocycles. The van der Waals surface area contributed by atoms with Gasteiger partial charge in [-0.2, -0.15) is 0 Å². The quantitative estimate of drug-likeness (QED) is 0.620. The van der Waals surface area contributed by atoms with Crippen molar-refractivity contribution in [3.05, 3.63) is 0 Å². The average Bonchev–Trinajstić information content (AvgIpc) is 2.21. The first-order chi connectivity index (χ1) is 7.51. The molecule has 0 aliphatic heterocycles. The van der Waals surface area contributed by atoms with E-state index in [1.165, 1.54) is 0 Å². The lowest BCUT2D eigenvalue weighted by molar-refractivity contribution is -0.122. The third-order valence-electron chi connectivity index (χ3n) is 2.39. The Hall–Kier alpha value is -1.05. The normalized spacial score (nSPS) is 12.6. The summed E-state index contributed by atoms with van der Waals surface area (Å²) < 4.78 is 0. The zero-order chi connectivity index (χ0) is 12.6. The summed E-state index contributed by atoms with van der Waals surface area (Å²) in [4.78, 5) is 15.7. The van der Waals surface area contributed by atoms with Gasteiger partial charge in [0.05, 0.1) is 13.1 Å². The number of likely N-dealkylation sites (N-methyl/N-ethyl adjacent to an activating group) is 2. The number of hydrogen-bond donors (Lipinski definition) is 1. The van der Waals surface area contributed by atoms with Gasteiger partial charge in [0.2, 0.25) is 5.91 Å². The van der Waals surface area contributed by atoms with Gasteiger partial charge in [0, 0.05) is 12.6 Å². The van der Waals surface area contributed by atoms with Gasteiger partial charge < -0.3 is 10.2 Å². The highest BCUT2D eigenvalue weighted by molar-refractivity contribution is 5.78. The number of carbonyl (C=O) groups excluding carboxylic acids is 1. The molecule has 1 N–H and O–H groups in total. The summed E-state index contributed by atoms with van der Waals surface area (Å²) in [5.74, 6) is 2.38. The van der Waals surface area contributed by atoms with Gasteiger partial charge in [-0.3, -0.25) is 9.69 Å². The molecule has 0 aromatic rings. The second-order valence-corrected chi connectivity index (χ2v) is 4.16.